The van der Waals surface area contributed by atoms with Gasteiger partial charge in [-0.15, -0.1) is 0 Å². The van der Waals surface area contributed by atoms with Crippen molar-refractivity contribution in [3.05, 3.63) is 34.9 Å². The van der Waals surface area contributed by atoms with E-state index >= 15 is 0 Å². The number of hydrogen-bond donors (Lipinski definition) is 0. The molecule has 0 heterocycles. The zero-order valence-corrected chi connectivity index (χ0v) is 8.85. The molecule has 0 saturated heterocycles. The third-order valence-corrected chi connectivity index (χ3v) is 1.28. The molecule has 2 heteroatoms. The summed E-state index contributed by atoms with van der Waals surface area (Å²) >= 11 is 0. The van der Waals surface area contributed by atoms with E-state index in [2.05, 4.69) is 39.0 Å². The van der Waals surface area contributed by atoms with Crippen molar-refractivity contribution >= 4 is 0 Å². The molecule has 0 aromatic heterocycles. The van der Waals surface area contributed by atoms with Gasteiger partial charge in [0.1, 0.15) is 0 Å². The maximum absolute atomic E-state index is 3.21. The summed E-state index contributed by atoms with van der Waals surface area (Å²) in [6, 6.07) is 7.47. The molecule has 1 rings (SSSR count). The van der Waals surface area contributed by atoms with Gasteiger partial charge >= 0.3 is 0 Å². The van der Waals surface area contributed by atoms with Crippen LogP contribution in [-0.4, -0.2) is 0 Å². The fourth-order valence-corrected chi connectivity index (χ4v) is 1.11. The average molecular weight is 210 g/mol. The maximum atomic E-state index is 3.21. The van der Waals surface area contributed by atoms with Crippen LogP contribution in [0.25, 0.3) is 0 Å². The van der Waals surface area contributed by atoms with Crippen molar-refractivity contribution in [3.8, 4) is 0 Å². The van der Waals surface area contributed by atoms with Gasteiger partial charge in [0, 0.05) is 17.1 Å². The standard InChI is InChI=1S/C9H11.ClH.Mn/c1-7-4-8(2)6-9(3)5-7;;/h4-5H,1-3H3;1H;/p-1. The minimum absolute atomic E-state index is 0. The van der Waals surface area contributed by atoms with Crippen LogP contribution in [0.5, 0.6) is 0 Å². The quantitative estimate of drug-likeness (QED) is 0.502. The van der Waals surface area contributed by atoms with Gasteiger partial charge in [-0.2, -0.15) is 0 Å². The molecule has 2 radical (unpaired) electrons. The van der Waals surface area contributed by atoms with Gasteiger partial charge in [-0.25, -0.2) is 0 Å². The van der Waals surface area contributed by atoms with Crippen LogP contribution < -0.4 is 12.4 Å². The second kappa shape index (κ2) is 5.65. The van der Waals surface area contributed by atoms with E-state index in [-0.39, 0.29) is 29.5 Å². The smallest absolute Gasteiger partial charge is 0 e. The van der Waals surface area contributed by atoms with Crippen molar-refractivity contribution in [3.63, 3.8) is 0 Å². The Labute approximate surface area is 85.3 Å². The van der Waals surface area contributed by atoms with E-state index in [1.54, 1.807) is 0 Å². The minimum atomic E-state index is 0. The van der Waals surface area contributed by atoms with Crippen molar-refractivity contribution in [2.75, 3.05) is 0 Å². The molecule has 0 aliphatic heterocycles. The minimum Gasteiger partial charge on any atom is -1.00 e. The summed E-state index contributed by atoms with van der Waals surface area (Å²) in [5.41, 5.74) is 3.78. The predicted octanol–water partition coefficient (Wildman–Crippen LogP) is -0.586. The fourth-order valence-electron chi connectivity index (χ4n) is 1.11. The Morgan fingerprint density at radius 2 is 1.36 bits per heavy atom. The molecule has 0 spiro atoms. The van der Waals surface area contributed by atoms with Crippen molar-refractivity contribution < 1.29 is 29.5 Å². The second-order valence-electron chi connectivity index (χ2n) is 2.52. The summed E-state index contributed by atoms with van der Waals surface area (Å²) in [6.07, 6.45) is 0. The number of rotatable bonds is 0. The topological polar surface area (TPSA) is 0 Å². The largest absolute Gasteiger partial charge is 1.00 e. The Kier molecular flexibility index (Phi) is 6.99. The van der Waals surface area contributed by atoms with Crippen LogP contribution >= 0.6 is 0 Å². The Balaban J connectivity index is 0. The van der Waals surface area contributed by atoms with Gasteiger partial charge < -0.3 is 12.4 Å². The first-order valence-electron chi connectivity index (χ1n) is 3.15. The first-order valence-corrected chi connectivity index (χ1v) is 3.15. The van der Waals surface area contributed by atoms with Crippen molar-refractivity contribution in [2.45, 2.75) is 20.8 Å². The van der Waals surface area contributed by atoms with Crippen LogP contribution in [0.1, 0.15) is 16.7 Å². The van der Waals surface area contributed by atoms with E-state index in [0.29, 0.717) is 0 Å². The first kappa shape index (κ1) is 13.6. The van der Waals surface area contributed by atoms with Crippen molar-refractivity contribution in [1.29, 1.82) is 0 Å². The molecular weight excluding hydrogens is 198 g/mol. The number of aryl methyl sites for hydroxylation is 3. The summed E-state index contributed by atoms with van der Waals surface area (Å²) in [4.78, 5) is 0. The van der Waals surface area contributed by atoms with E-state index in [4.69, 9.17) is 0 Å². The normalized spacial score (nSPS) is 7.91. The molecular formula is C9H11ClMn-. The van der Waals surface area contributed by atoms with Crippen molar-refractivity contribution in [2.24, 2.45) is 0 Å². The molecule has 62 valence electrons. The van der Waals surface area contributed by atoms with Crippen molar-refractivity contribution in [1.82, 2.24) is 0 Å². The summed E-state index contributed by atoms with van der Waals surface area (Å²) in [5.74, 6) is 0. The third kappa shape index (κ3) is 4.47. The molecule has 0 aliphatic rings. The fraction of sp³-hybridized carbons (Fsp3) is 0.333. The van der Waals surface area contributed by atoms with Gasteiger partial charge in [0.2, 0.25) is 0 Å². The van der Waals surface area contributed by atoms with Gasteiger partial charge in [0.25, 0.3) is 0 Å². The molecule has 0 bridgehead atoms. The van der Waals surface area contributed by atoms with Gasteiger partial charge in [0.05, 0.1) is 0 Å². The zero-order chi connectivity index (χ0) is 6.85. The molecule has 0 unspecified atom stereocenters. The summed E-state index contributed by atoms with van der Waals surface area (Å²) in [7, 11) is 0. The number of halogens is 1. The van der Waals surface area contributed by atoms with Crippen LogP contribution in [0.15, 0.2) is 12.1 Å². The average Bonchev–Trinajstić information content (AvgIpc) is 1.59. The molecule has 0 amide bonds. The van der Waals surface area contributed by atoms with Crippen LogP contribution in [0, 0.1) is 26.8 Å². The summed E-state index contributed by atoms with van der Waals surface area (Å²) < 4.78 is 0. The molecule has 1 aromatic rings. The molecule has 0 N–H and O–H groups in total. The summed E-state index contributed by atoms with van der Waals surface area (Å²) in [6.45, 7) is 6.24. The Hall–Kier alpha value is 0.0295. The Morgan fingerprint density at radius 3 is 1.64 bits per heavy atom. The van der Waals surface area contributed by atoms with Crippen LogP contribution in [0.2, 0.25) is 0 Å². The predicted molar refractivity (Wildman–Crippen MR) is 39.5 cm³/mol. The number of benzene rings is 1. The molecule has 11 heavy (non-hydrogen) atoms. The van der Waals surface area contributed by atoms with Gasteiger partial charge in [0.15, 0.2) is 0 Å². The zero-order valence-electron chi connectivity index (χ0n) is 6.91. The molecule has 1 aromatic carbocycles. The Bertz CT molecular complexity index is 170. The molecule has 0 saturated carbocycles. The van der Waals surface area contributed by atoms with Crippen LogP contribution in [0.4, 0.5) is 0 Å². The SMILES string of the molecule is Cc1[c]c(C)cc(C)c1.[Cl-].[Mn]. The molecule has 0 atom stereocenters. The molecule has 0 nitrogen and oxygen atoms in total. The third-order valence-electron chi connectivity index (χ3n) is 1.28. The first-order chi connectivity index (χ1) is 4.18. The Morgan fingerprint density at radius 1 is 1.00 bits per heavy atom. The van der Waals surface area contributed by atoms with Gasteiger partial charge in [-0.05, 0) is 38.0 Å². The second-order valence-corrected chi connectivity index (χ2v) is 2.52. The van der Waals surface area contributed by atoms with Crippen LogP contribution in [0.3, 0.4) is 0 Å². The van der Waals surface area contributed by atoms with E-state index in [9.17, 15) is 0 Å². The van der Waals surface area contributed by atoms with Gasteiger partial charge in [-0.1, -0.05) is 17.7 Å². The monoisotopic (exact) mass is 209 g/mol. The molecule has 0 aliphatic carbocycles. The van der Waals surface area contributed by atoms with E-state index in [1.165, 1.54) is 16.7 Å². The van der Waals surface area contributed by atoms with Crippen LogP contribution in [-0.2, 0) is 17.1 Å². The maximum Gasteiger partial charge on any atom is 0 e. The van der Waals surface area contributed by atoms with Gasteiger partial charge in [-0.3, -0.25) is 0 Å². The molecule has 0 fully saturated rings. The number of hydrogen-bond acceptors (Lipinski definition) is 0. The van der Waals surface area contributed by atoms with E-state index < -0.39 is 0 Å². The van der Waals surface area contributed by atoms with E-state index in [0.717, 1.165) is 0 Å². The summed E-state index contributed by atoms with van der Waals surface area (Å²) in [5, 5.41) is 0. The van der Waals surface area contributed by atoms with E-state index in [1.807, 2.05) is 0 Å².